The molecule has 0 spiro atoms. The number of fused-ring (bicyclic) bond motifs is 1. The summed E-state index contributed by atoms with van der Waals surface area (Å²) in [6.07, 6.45) is 6.60. The monoisotopic (exact) mass is 285 g/mol. The van der Waals surface area contributed by atoms with Gasteiger partial charge in [-0.1, -0.05) is 12.1 Å². The summed E-state index contributed by atoms with van der Waals surface area (Å²) in [5.41, 5.74) is 5.53. The van der Waals surface area contributed by atoms with Crippen LogP contribution in [-0.2, 0) is 0 Å². The largest absolute Gasteiger partial charge is 0.493 e. The van der Waals surface area contributed by atoms with Crippen LogP contribution in [0.5, 0.6) is 5.75 Å². The number of nitrogens with two attached hydrogens (primary N) is 1. The van der Waals surface area contributed by atoms with Gasteiger partial charge in [-0.25, -0.2) is 4.98 Å². The van der Waals surface area contributed by atoms with E-state index in [1.807, 2.05) is 18.3 Å². The van der Waals surface area contributed by atoms with Crippen molar-refractivity contribution in [2.75, 3.05) is 31.1 Å². The highest BCUT2D eigenvalue weighted by molar-refractivity contribution is 5.96. The molecule has 0 saturated carbocycles. The van der Waals surface area contributed by atoms with Gasteiger partial charge in [0, 0.05) is 30.1 Å². The van der Waals surface area contributed by atoms with Crippen molar-refractivity contribution in [3.63, 3.8) is 0 Å². The van der Waals surface area contributed by atoms with Gasteiger partial charge in [-0.2, -0.15) is 0 Å². The molecule has 0 bridgehead atoms. The van der Waals surface area contributed by atoms with Gasteiger partial charge >= 0.3 is 0 Å². The fourth-order valence-electron chi connectivity index (χ4n) is 2.91. The standard InChI is InChI=1S/C17H23N3O/c18-9-5-13-21-16-7-4-6-15-14(16)8-10-19-17(15)20-11-2-1-3-12-20/h4,6-8,10H,1-3,5,9,11-13,18H2. The highest BCUT2D eigenvalue weighted by Gasteiger charge is 2.15. The molecular weight excluding hydrogens is 262 g/mol. The van der Waals surface area contributed by atoms with Gasteiger partial charge in [0.25, 0.3) is 0 Å². The zero-order valence-corrected chi connectivity index (χ0v) is 12.4. The molecule has 112 valence electrons. The lowest BCUT2D eigenvalue weighted by atomic mass is 10.1. The minimum Gasteiger partial charge on any atom is -0.493 e. The average Bonchev–Trinajstić information content (AvgIpc) is 2.55. The predicted octanol–water partition coefficient (Wildman–Crippen LogP) is 2.95. The summed E-state index contributed by atoms with van der Waals surface area (Å²) < 4.78 is 5.88. The first kappa shape index (κ1) is 14.1. The number of pyridine rings is 1. The molecule has 4 heteroatoms. The SMILES string of the molecule is NCCCOc1cccc2c(N3CCCCC3)nccc12. The van der Waals surface area contributed by atoms with Crippen LogP contribution in [0.25, 0.3) is 10.8 Å². The van der Waals surface area contributed by atoms with Crippen LogP contribution in [0.1, 0.15) is 25.7 Å². The highest BCUT2D eigenvalue weighted by atomic mass is 16.5. The molecule has 2 N–H and O–H groups in total. The Morgan fingerprint density at radius 2 is 1.95 bits per heavy atom. The number of hydrogen-bond donors (Lipinski definition) is 1. The number of nitrogens with zero attached hydrogens (tertiary/aromatic N) is 2. The molecule has 0 aliphatic carbocycles. The normalized spacial score (nSPS) is 15.4. The van der Waals surface area contributed by atoms with Gasteiger partial charge in [-0.15, -0.1) is 0 Å². The third-order valence-corrected chi connectivity index (χ3v) is 4.01. The Bertz CT molecular complexity index is 594. The van der Waals surface area contributed by atoms with Crippen LogP contribution >= 0.6 is 0 Å². The summed E-state index contributed by atoms with van der Waals surface area (Å²) in [6, 6.07) is 8.26. The number of benzene rings is 1. The molecule has 1 saturated heterocycles. The zero-order chi connectivity index (χ0) is 14.5. The second-order valence-electron chi connectivity index (χ2n) is 5.52. The van der Waals surface area contributed by atoms with Crippen molar-refractivity contribution in [1.82, 2.24) is 4.98 Å². The summed E-state index contributed by atoms with van der Waals surface area (Å²) >= 11 is 0. The predicted molar refractivity (Wildman–Crippen MR) is 87.0 cm³/mol. The molecule has 1 fully saturated rings. The number of rotatable bonds is 5. The van der Waals surface area contributed by atoms with E-state index in [2.05, 4.69) is 22.0 Å². The molecule has 2 aromatic rings. The van der Waals surface area contributed by atoms with Gasteiger partial charge in [0.05, 0.1) is 6.61 Å². The molecule has 0 amide bonds. The molecule has 1 aliphatic rings. The molecule has 21 heavy (non-hydrogen) atoms. The van der Waals surface area contributed by atoms with Crippen molar-refractivity contribution in [1.29, 1.82) is 0 Å². The molecule has 4 nitrogen and oxygen atoms in total. The Kier molecular flexibility index (Phi) is 4.55. The van der Waals surface area contributed by atoms with Gasteiger partial charge in [0.2, 0.25) is 0 Å². The Labute approximate surface area is 125 Å². The van der Waals surface area contributed by atoms with E-state index in [-0.39, 0.29) is 0 Å². The molecule has 3 rings (SSSR count). The smallest absolute Gasteiger partial charge is 0.136 e. The Balaban J connectivity index is 1.93. The fraction of sp³-hybridized carbons (Fsp3) is 0.471. The minimum atomic E-state index is 0.658. The molecular formula is C17H23N3O. The molecule has 1 aromatic carbocycles. The quantitative estimate of drug-likeness (QED) is 0.858. The minimum absolute atomic E-state index is 0.658. The second-order valence-corrected chi connectivity index (χ2v) is 5.52. The topological polar surface area (TPSA) is 51.4 Å². The van der Waals surface area contributed by atoms with Crippen molar-refractivity contribution < 1.29 is 4.74 Å². The molecule has 0 atom stereocenters. The molecule has 0 unspecified atom stereocenters. The van der Waals surface area contributed by atoms with E-state index < -0.39 is 0 Å². The Morgan fingerprint density at radius 1 is 1.10 bits per heavy atom. The van der Waals surface area contributed by atoms with Crippen LogP contribution in [0.3, 0.4) is 0 Å². The fourth-order valence-corrected chi connectivity index (χ4v) is 2.91. The lowest BCUT2D eigenvalue weighted by Gasteiger charge is -2.28. The number of piperidine rings is 1. The van der Waals surface area contributed by atoms with Crippen molar-refractivity contribution in [2.45, 2.75) is 25.7 Å². The van der Waals surface area contributed by atoms with E-state index in [4.69, 9.17) is 10.5 Å². The van der Waals surface area contributed by atoms with Gasteiger partial charge < -0.3 is 15.4 Å². The van der Waals surface area contributed by atoms with Gasteiger partial charge in [-0.05, 0) is 44.4 Å². The van der Waals surface area contributed by atoms with E-state index in [1.165, 1.54) is 24.6 Å². The van der Waals surface area contributed by atoms with Crippen LogP contribution in [0, 0.1) is 0 Å². The first-order valence-electron chi connectivity index (χ1n) is 7.85. The van der Waals surface area contributed by atoms with Gasteiger partial charge in [-0.3, -0.25) is 0 Å². The first-order chi connectivity index (χ1) is 10.4. The summed E-state index contributed by atoms with van der Waals surface area (Å²) in [4.78, 5) is 7.02. The zero-order valence-electron chi connectivity index (χ0n) is 12.4. The van der Waals surface area contributed by atoms with Crippen molar-refractivity contribution in [3.05, 3.63) is 30.5 Å². The number of hydrogen-bond acceptors (Lipinski definition) is 4. The van der Waals surface area contributed by atoms with Gasteiger partial charge in [0.1, 0.15) is 11.6 Å². The summed E-state index contributed by atoms with van der Waals surface area (Å²) in [7, 11) is 0. The van der Waals surface area contributed by atoms with Gasteiger partial charge in [0.15, 0.2) is 0 Å². The maximum atomic E-state index is 5.88. The number of aromatic nitrogens is 1. The lowest BCUT2D eigenvalue weighted by molar-refractivity contribution is 0.317. The Hall–Kier alpha value is -1.81. The molecule has 0 radical (unpaired) electrons. The van der Waals surface area contributed by atoms with E-state index in [0.717, 1.165) is 36.5 Å². The average molecular weight is 285 g/mol. The van der Waals surface area contributed by atoms with Crippen LogP contribution in [0.15, 0.2) is 30.5 Å². The third kappa shape index (κ3) is 3.10. The van der Waals surface area contributed by atoms with Crippen LogP contribution < -0.4 is 15.4 Å². The third-order valence-electron chi connectivity index (χ3n) is 4.01. The number of ether oxygens (including phenoxy) is 1. The van der Waals surface area contributed by atoms with Crippen molar-refractivity contribution in [2.24, 2.45) is 5.73 Å². The summed E-state index contributed by atoms with van der Waals surface area (Å²) in [6.45, 7) is 3.52. The molecule has 1 aromatic heterocycles. The second kappa shape index (κ2) is 6.76. The lowest BCUT2D eigenvalue weighted by Crippen LogP contribution is -2.30. The van der Waals surface area contributed by atoms with Crippen molar-refractivity contribution in [3.8, 4) is 5.75 Å². The highest BCUT2D eigenvalue weighted by Crippen LogP contribution is 2.32. The number of anilines is 1. The molecule has 1 aliphatic heterocycles. The van der Waals surface area contributed by atoms with Crippen LogP contribution in [0.4, 0.5) is 5.82 Å². The van der Waals surface area contributed by atoms with E-state index >= 15 is 0 Å². The maximum absolute atomic E-state index is 5.88. The van der Waals surface area contributed by atoms with Crippen molar-refractivity contribution >= 4 is 16.6 Å². The Morgan fingerprint density at radius 3 is 2.76 bits per heavy atom. The molecule has 2 heterocycles. The summed E-state index contributed by atoms with van der Waals surface area (Å²) in [5.74, 6) is 2.03. The van der Waals surface area contributed by atoms with E-state index in [1.54, 1.807) is 0 Å². The summed E-state index contributed by atoms with van der Waals surface area (Å²) in [5, 5.41) is 2.33. The van der Waals surface area contributed by atoms with E-state index in [9.17, 15) is 0 Å². The van der Waals surface area contributed by atoms with Crippen LogP contribution in [0.2, 0.25) is 0 Å². The first-order valence-corrected chi connectivity index (χ1v) is 7.85. The van der Waals surface area contributed by atoms with Crippen LogP contribution in [-0.4, -0.2) is 31.2 Å². The maximum Gasteiger partial charge on any atom is 0.136 e. The van der Waals surface area contributed by atoms with E-state index in [0.29, 0.717) is 13.2 Å².